The first-order valence-electron chi connectivity index (χ1n) is 7.09. The minimum Gasteiger partial charge on any atom is -0.311 e. The van der Waals surface area contributed by atoms with Gasteiger partial charge < -0.3 is 10.2 Å². The summed E-state index contributed by atoms with van der Waals surface area (Å²) in [5, 5.41) is 3.49. The molecule has 1 rings (SSSR count). The fourth-order valence-electron chi connectivity index (χ4n) is 1.93. The van der Waals surface area contributed by atoms with Crippen molar-refractivity contribution in [2.75, 3.05) is 26.7 Å². The first kappa shape index (κ1) is 15.2. The Balaban J connectivity index is 2.26. The van der Waals surface area contributed by atoms with E-state index in [2.05, 4.69) is 62.3 Å². The van der Waals surface area contributed by atoms with Gasteiger partial charge in [-0.05, 0) is 37.1 Å². The molecule has 0 radical (unpaired) electrons. The van der Waals surface area contributed by atoms with Gasteiger partial charge in [-0.15, -0.1) is 0 Å². The van der Waals surface area contributed by atoms with Gasteiger partial charge in [0.15, 0.2) is 0 Å². The molecule has 0 spiro atoms. The lowest BCUT2D eigenvalue weighted by molar-refractivity contribution is 0.349. The number of benzene rings is 1. The van der Waals surface area contributed by atoms with Gasteiger partial charge >= 0.3 is 0 Å². The molecule has 0 saturated carbocycles. The number of likely N-dealkylation sites (N-methyl/N-ethyl adjacent to an activating group) is 1. The van der Waals surface area contributed by atoms with Crippen LogP contribution in [0.15, 0.2) is 24.3 Å². The topological polar surface area (TPSA) is 15.3 Å². The fourth-order valence-corrected chi connectivity index (χ4v) is 1.93. The zero-order chi connectivity index (χ0) is 13.4. The van der Waals surface area contributed by atoms with Crippen LogP contribution in [0, 0.1) is 5.92 Å². The van der Waals surface area contributed by atoms with Gasteiger partial charge in [-0.25, -0.2) is 0 Å². The SMILES string of the molecule is CCN(C)CCNCc1ccc(CC(C)C)cc1. The summed E-state index contributed by atoms with van der Waals surface area (Å²) in [6.45, 7) is 11.0. The molecule has 2 heteroatoms. The van der Waals surface area contributed by atoms with Crippen molar-refractivity contribution in [2.45, 2.75) is 33.7 Å². The monoisotopic (exact) mass is 248 g/mol. The first-order valence-corrected chi connectivity index (χ1v) is 7.09. The summed E-state index contributed by atoms with van der Waals surface area (Å²) >= 11 is 0. The van der Waals surface area contributed by atoms with E-state index in [1.165, 1.54) is 17.5 Å². The maximum atomic E-state index is 3.49. The molecule has 0 saturated heterocycles. The second-order valence-electron chi connectivity index (χ2n) is 5.49. The number of rotatable bonds is 8. The molecule has 0 unspecified atom stereocenters. The van der Waals surface area contributed by atoms with Crippen molar-refractivity contribution in [3.63, 3.8) is 0 Å². The molecular formula is C16H28N2. The van der Waals surface area contributed by atoms with E-state index in [9.17, 15) is 0 Å². The minimum absolute atomic E-state index is 0.735. The standard InChI is InChI=1S/C16H28N2/c1-5-18(4)11-10-17-13-16-8-6-15(7-9-16)12-14(2)3/h6-9,14,17H,5,10-13H2,1-4H3. The van der Waals surface area contributed by atoms with Gasteiger partial charge in [0.25, 0.3) is 0 Å². The van der Waals surface area contributed by atoms with Crippen LogP contribution in [0.3, 0.4) is 0 Å². The molecule has 2 nitrogen and oxygen atoms in total. The van der Waals surface area contributed by atoms with Crippen molar-refractivity contribution in [3.8, 4) is 0 Å². The van der Waals surface area contributed by atoms with E-state index in [0.29, 0.717) is 0 Å². The third-order valence-electron chi connectivity index (χ3n) is 3.21. The minimum atomic E-state index is 0.735. The van der Waals surface area contributed by atoms with Crippen molar-refractivity contribution in [3.05, 3.63) is 35.4 Å². The van der Waals surface area contributed by atoms with Crippen LogP contribution in [0.2, 0.25) is 0 Å². The molecule has 102 valence electrons. The van der Waals surface area contributed by atoms with Crippen LogP contribution < -0.4 is 5.32 Å². The summed E-state index contributed by atoms with van der Waals surface area (Å²) < 4.78 is 0. The van der Waals surface area contributed by atoms with Crippen LogP contribution in [-0.4, -0.2) is 31.6 Å². The Bertz CT molecular complexity index is 316. The van der Waals surface area contributed by atoms with E-state index >= 15 is 0 Å². The molecule has 1 N–H and O–H groups in total. The number of hydrogen-bond donors (Lipinski definition) is 1. The van der Waals surface area contributed by atoms with Gasteiger partial charge in [-0.3, -0.25) is 0 Å². The third-order valence-corrected chi connectivity index (χ3v) is 3.21. The summed E-state index contributed by atoms with van der Waals surface area (Å²) in [5.41, 5.74) is 2.82. The maximum Gasteiger partial charge on any atom is 0.0206 e. The smallest absolute Gasteiger partial charge is 0.0206 e. The Morgan fingerprint density at radius 2 is 1.72 bits per heavy atom. The molecule has 0 amide bonds. The van der Waals surface area contributed by atoms with E-state index < -0.39 is 0 Å². The largest absolute Gasteiger partial charge is 0.311 e. The Labute approximate surface area is 112 Å². The summed E-state index contributed by atoms with van der Waals surface area (Å²) in [6.07, 6.45) is 1.18. The Kier molecular flexibility index (Phi) is 6.99. The molecule has 0 fully saturated rings. The third kappa shape index (κ3) is 6.18. The highest BCUT2D eigenvalue weighted by Gasteiger charge is 1.98. The van der Waals surface area contributed by atoms with Crippen LogP contribution in [0.5, 0.6) is 0 Å². The van der Waals surface area contributed by atoms with Gasteiger partial charge in [-0.2, -0.15) is 0 Å². The Morgan fingerprint density at radius 3 is 2.28 bits per heavy atom. The first-order chi connectivity index (χ1) is 8.61. The van der Waals surface area contributed by atoms with Gasteiger partial charge in [-0.1, -0.05) is 45.0 Å². The van der Waals surface area contributed by atoms with E-state index in [1.807, 2.05) is 0 Å². The molecule has 0 aromatic heterocycles. The molecule has 0 aliphatic rings. The Morgan fingerprint density at radius 1 is 1.11 bits per heavy atom. The van der Waals surface area contributed by atoms with E-state index in [4.69, 9.17) is 0 Å². The van der Waals surface area contributed by atoms with Crippen molar-refractivity contribution in [1.82, 2.24) is 10.2 Å². The average molecular weight is 248 g/mol. The van der Waals surface area contributed by atoms with Crippen molar-refractivity contribution < 1.29 is 0 Å². The van der Waals surface area contributed by atoms with E-state index in [1.54, 1.807) is 0 Å². The summed E-state index contributed by atoms with van der Waals surface area (Å²) in [6, 6.07) is 9.01. The summed E-state index contributed by atoms with van der Waals surface area (Å²) in [5.74, 6) is 0.735. The van der Waals surface area contributed by atoms with Crippen LogP contribution in [0.25, 0.3) is 0 Å². The molecule has 0 aliphatic heterocycles. The van der Waals surface area contributed by atoms with Crippen molar-refractivity contribution in [1.29, 1.82) is 0 Å². The second kappa shape index (κ2) is 8.28. The lowest BCUT2D eigenvalue weighted by atomic mass is 10.0. The molecule has 0 heterocycles. The van der Waals surface area contributed by atoms with Gasteiger partial charge in [0.1, 0.15) is 0 Å². The van der Waals surface area contributed by atoms with Crippen LogP contribution >= 0.6 is 0 Å². The highest BCUT2D eigenvalue weighted by molar-refractivity contribution is 5.22. The molecule has 0 aliphatic carbocycles. The van der Waals surface area contributed by atoms with Crippen LogP contribution in [0.1, 0.15) is 31.9 Å². The van der Waals surface area contributed by atoms with Gasteiger partial charge in [0.05, 0.1) is 0 Å². The Hall–Kier alpha value is -0.860. The highest BCUT2D eigenvalue weighted by atomic mass is 15.1. The van der Waals surface area contributed by atoms with Gasteiger partial charge in [0.2, 0.25) is 0 Å². The summed E-state index contributed by atoms with van der Waals surface area (Å²) in [4.78, 5) is 2.32. The van der Waals surface area contributed by atoms with Crippen LogP contribution in [0.4, 0.5) is 0 Å². The molecule has 1 aromatic rings. The van der Waals surface area contributed by atoms with E-state index in [0.717, 1.165) is 32.1 Å². The second-order valence-corrected chi connectivity index (χ2v) is 5.49. The zero-order valence-corrected chi connectivity index (χ0v) is 12.4. The summed E-state index contributed by atoms with van der Waals surface area (Å²) in [7, 11) is 2.16. The van der Waals surface area contributed by atoms with Crippen LogP contribution in [-0.2, 0) is 13.0 Å². The molecule has 18 heavy (non-hydrogen) atoms. The predicted molar refractivity (Wildman–Crippen MR) is 79.9 cm³/mol. The molecular weight excluding hydrogens is 220 g/mol. The molecule has 1 aromatic carbocycles. The van der Waals surface area contributed by atoms with Gasteiger partial charge in [0, 0.05) is 19.6 Å². The fraction of sp³-hybridized carbons (Fsp3) is 0.625. The van der Waals surface area contributed by atoms with Crippen molar-refractivity contribution >= 4 is 0 Å². The number of nitrogens with one attached hydrogen (secondary N) is 1. The normalized spacial score (nSPS) is 11.4. The van der Waals surface area contributed by atoms with E-state index in [-0.39, 0.29) is 0 Å². The highest BCUT2D eigenvalue weighted by Crippen LogP contribution is 2.09. The molecule has 0 atom stereocenters. The van der Waals surface area contributed by atoms with Crippen molar-refractivity contribution in [2.24, 2.45) is 5.92 Å². The quantitative estimate of drug-likeness (QED) is 0.712. The lowest BCUT2D eigenvalue weighted by Gasteiger charge is -2.14. The maximum absolute atomic E-state index is 3.49. The zero-order valence-electron chi connectivity index (χ0n) is 12.4. The average Bonchev–Trinajstić information content (AvgIpc) is 2.35. The molecule has 0 bridgehead atoms. The number of nitrogens with zero attached hydrogens (tertiary/aromatic N) is 1. The predicted octanol–water partition coefficient (Wildman–Crippen LogP) is 2.93. The lowest BCUT2D eigenvalue weighted by Crippen LogP contribution is -2.28. The number of hydrogen-bond acceptors (Lipinski definition) is 2.